The van der Waals surface area contributed by atoms with Gasteiger partial charge in [0.2, 0.25) is 5.91 Å². The number of likely N-dealkylation sites (N-methyl/N-ethyl adjacent to an activating group) is 1. The number of ether oxygens (including phenoxy) is 1. The van der Waals surface area contributed by atoms with Crippen molar-refractivity contribution in [3.05, 3.63) is 0 Å². The summed E-state index contributed by atoms with van der Waals surface area (Å²) in [5, 5.41) is 2.07. The maximum absolute atomic E-state index is 11.8. The number of nitrogens with one attached hydrogen (secondary N) is 1. The van der Waals surface area contributed by atoms with Crippen LogP contribution in [0.5, 0.6) is 0 Å². The number of amides is 1. The van der Waals surface area contributed by atoms with E-state index in [-0.39, 0.29) is 18.6 Å². The highest BCUT2D eigenvalue weighted by atomic mass is 19.4. The molecule has 0 saturated carbocycles. The number of alkyl halides is 3. The molecule has 0 radical (unpaired) electrons. The Morgan fingerprint density at radius 2 is 2.24 bits per heavy atom. The fourth-order valence-electron chi connectivity index (χ4n) is 1.64. The number of halogens is 3. The van der Waals surface area contributed by atoms with E-state index < -0.39 is 12.7 Å². The minimum Gasteiger partial charge on any atom is -0.376 e. The van der Waals surface area contributed by atoms with Crippen LogP contribution in [0.15, 0.2) is 0 Å². The van der Waals surface area contributed by atoms with Gasteiger partial charge >= 0.3 is 6.18 Å². The van der Waals surface area contributed by atoms with E-state index in [1.165, 1.54) is 4.90 Å². The third kappa shape index (κ3) is 5.88. The highest BCUT2D eigenvalue weighted by Crippen LogP contribution is 2.13. The molecular formula is C10H17F3N2O2. The molecule has 1 atom stereocenters. The molecule has 1 saturated heterocycles. The van der Waals surface area contributed by atoms with Crippen molar-refractivity contribution >= 4 is 5.91 Å². The molecule has 7 heteroatoms. The summed E-state index contributed by atoms with van der Waals surface area (Å²) < 4.78 is 40.8. The van der Waals surface area contributed by atoms with Crippen molar-refractivity contribution in [1.29, 1.82) is 0 Å². The van der Waals surface area contributed by atoms with E-state index in [0.29, 0.717) is 13.2 Å². The third-order valence-electron chi connectivity index (χ3n) is 2.53. The molecule has 0 aromatic carbocycles. The lowest BCUT2D eigenvalue weighted by Gasteiger charge is -2.21. The molecule has 1 rings (SSSR count). The normalized spacial score (nSPS) is 20.6. The zero-order chi connectivity index (χ0) is 12.9. The maximum Gasteiger partial charge on any atom is 0.401 e. The largest absolute Gasteiger partial charge is 0.401 e. The molecule has 4 nitrogen and oxygen atoms in total. The van der Waals surface area contributed by atoms with Gasteiger partial charge in [0.25, 0.3) is 0 Å². The summed E-state index contributed by atoms with van der Waals surface area (Å²) in [6, 6.07) is 0. The van der Waals surface area contributed by atoms with Crippen molar-refractivity contribution in [3.8, 4) is 0 Å². The predicted molar refractivity (Wildman–Crippen MR) is 55.5 cm³/mol. The summed E-state index contributed by atoms with van der Waals surface area (Å²) in [5.41, 5.74) is 0. The van der Waals surface area contributed by atoms with Gasteiger partial charge < -0.3 is 15.0 Å². The average molecular weight is 254 g/mol. The summed E-state index contributed by atoms with van der Waals surface area (Å²) in [6.07, 6.45) is -2.40. The van der Waals surface area contributed by atoms with Crippen molar-refractivity contribution in [1.82, 2.24) is 10.2 Å². The summed E-state index contributed by atoms with van der Waals surface area (Å²) in [5.74, 6) is -0.357. The van der Waals surface area contributed by atoms with Crippen molar-refractivity contribution < 1.29 is 22.7 Å². The van der Waals surface area contributed by atoms with E-state index in [0.717, 1.165) is 12.8 Å². The van der Waals surface area contributed by atoms with E-state index in [2.05, 4.69) is 5.32 Å². The second-order valence-corrected chi connectivity index (χ2v) is 4.13. The molecule has 1 N–H and O–H groups in total. The summed E-state index contributed by atoms with van der Waals surface area (Å²) in [7, 11) is 1.57. The quantitative estimate of drug-likeness (QED) is 0.788. The molecule has 17 heavy (non-hydrogen) atoms. The second kappa shape index (κ2) is 6.20. The number of hydrogen-bond acceptors (Lipinski definition) is 3. The van der Waals surface area contributed by atoms with Crippen LogP contribution in [0.25, 0.3) is 0 Å². The molecular weight excluding hydrogens is 237 g/mol. The lowest BCUT2D eigenvalue weighted by atomic mass is 10.2. The molecule has 0 aromatic heterocycles. The Labute approximate surface area is 98.1 Å². The zero-order valence-corrected chi connectivity index (χ0v) is 9.72. The van der Waals surface area contributed by atoms with Gasteiger partial charge in [-0.05, 0) is 12.8 Å². The monoisotopic (exact) mass is 254 g/mol. The Bertz CT molecular complexity index is 252. The van der Waals surface area contributed by atoms with Gasteiger partial charge in [-0.25, -0.2) is 0 Å². The van der Waals surface area contributed by atoms with E-state index in [1.54, 1.807) is 7.05 Å². The molecule has 0 bridgehead atoms. The number of nitrogens with zero attached hydrogens (tertiary/aromatic N) is 1. The van der Waals surface area contributed by atoms with Crippen LogP contribution in [0.2, 0.25) is 0 Å². The van der Waals surface area contributed by atoms with Crippen LogP contribution in [-0.4, -0.2) is 56.4 Å². The standard InChI is InChI=1S/C10H17F3N2O2/c1-15(6-8-3-2-4-17-8)9(16)5-14-7-10(11,12)13/h8,14H,2-7H2,1H3. The molecule has 0 aliphatic carbocycles. The van der Waals surface area contributed by atoms with Crippen molar-refractivity contribution in [2.75, 3.05) is 33.3 Å². The number of carbonyl (C=O) groups excluding carboxylic acids is 1. The molecule has 1 unspecified atom stereocenters. The minimum absolute atomic E-state index is 0.0200. The number of hydrogen-bond donors (Lipinski definition) is 1. The van der Waals surface area contributed by atoms with Crippen molar-refractivity contribution in [2.24, 2.45) is 0 Å². The van der Waals surface area contributed by atoms with Gasteiger partial charge in [0.05, 0.1) is 19.2 Å². The fraction of sp³-hybridized carbons (Fsp3) is 0.900. The first-order valence-electron chi connectivity index (χ1n) is 5.51. The van der Waals surface area contributed by atoms with Crippen LogP contribution in [-0.2, 0) is 9.53 Å². The number of rotatable bonds is 5. The second-order valence-electron chi connectivity index (χ2n) is 4.13. The molecule has 1 heterocycles. The molecule has 1 amide bonds. The van der Waals surface area contributed by atoms with E-state index >= 15 is 0 Å². The highest BCUT2D eigenvalue weighted by molar-refractivity contribution is 5.77. The van der Waals surface area contributed by atoms with Crippen LogP contribution < -0.4 is 5.32 Å². The van der Waals surface area contributed by atoms with Crippen molar-refractivity contribution in [3.63, 3.8) is 0 Å². The van der Waals surface area contributed by atoms with Crippen LogP contribution in [0.3, 0.4) is 0 Å². The van der Waals surface area contributed by atoms with E-state index in [1.807, 2.05) is 0 Å². The zero-order valence-electron chi connectivity index (χ0n) is 9.72. The van der Waals surface area contributed by atoms with Gasteiger partial charge in [0.15, 0.2) is 0 Å². The topological polar surface area (TPSA) is 41.6 Å². The van der Waals surface area contributed by atoms with Crippen LogP contribution in [0.1, 0.15) is 12.8 Å². The van der Waals surface area contributed by atoms with Gasteiger partial charge in [-0.3, -0.25) is 4.79 Å². The van der Waals surface area contributed by atoms with Gasteiger partial charge in [0.1, 0.15) is 0 Å². The number of carbonyl (C=O) groups is 1. The summed E-state index contributed by atoms with van der Waals surface area (Å²) in [4.78, 5) is 12.9. The van der Waals surface area contributed by atoms with Gasteiger partial charge in [0, 0.05) is 20.2 Å². The Hall–Kier alpha value is -0.820. The predicted octanol–water partition coefficient (Wildman–Crippen LogP) is 0.776. The smallest absolute Gasteiger partial charge is 0.376 e. The first kappa shape index (κ1) is 14.2. The van der Waals surface area contributed by atoms with E-state index in [9.17, 15) is 18.0 Å². The Morgan fingerprint density at radius 3 is 2.76 bits per heavy atom. The van der Waals surface area contributed by atoms with Gasteiger partial charge in [-0.2, -0.15) is 13.2 Å². The Balaban J connectivity index is 2.17. The van der Waals surface area contributed by atoms with Crippen LogP contribution in [0.4, 0.5) is 13.2 Å². The molecule has 0 aromatic rings. The lowest BCUT2D eigenvalue weighted by Crippen LogP contribution is -2.41. The first-order chi connectivity index (χ1) is 7.88. The van der Waals surface area contributed by atoms with Crippen molar-refractivity contribution in [2.45, 2.75) is 25.1 Å². The first-order valence-corrected chi connectivity index (χ1v) is 5.51. The Morgan fingerprint density at radius 1 is 1.53 bits per heavy atom. The van der Waals surface area contributed by atoms with E-state index in [4.69, 9.17) is 4.74 Å². The van der Waals surface area contributed by atoms with Gasteiger partial charge in [-0.15, -0.1) is 0 Å². The summed E-state index contributed by atoms with van der Waals surface area (Å²) in [6.45, 7) is -0.319. The SMILES string of the molecule is CN(CC1CCCO1)C(=O)CNCC(F)(F)F. The Kier molecular flexibility index (Phi) is 5.20. The lowest BCUT2D eigenvalue weighted by molar-refractivity contribution is -0.134. The van der Waals surface area contributed by atoms with Crippen LogP contribution in [0, 0.1) is 0 Å². The molecule has 1 aliphatic rings. The van der Waals surface area contributed by atoms with Crippen LogP contribution >= 0.6 is 0 Å². The summed E-state index contributed by atoms with van der Waals surface area (Å²) >= 11 is 0. The minimum atomic E-state index is -4.28. The maximum atomic E-state index is 11.8. The van der Waals surface area contributed by atoms with Gasteiger partial charge in [-0.1, -0.05) is 0 Å². The average Bonchev–Trinajstić information content (AvgIpc) is 2.68. The highest BCUT2D eigenvalue weighted by Gasteiger charge is 2.27. The molecule has 0 spiro atoms. The molecule has 100 valence electrons. The molecule has 1 fully saturated rings. The third-order valence-corrected chi connectivity index (χ3v) is 2.53. The molecule has 1 aliphatic heterocycles. The fourth-order valence-corrected chi connectivity index (χ4v) is 1.64.